The maximum Gasteiger partial charge on any atom is 0.319 e. The topological polar surface area (TPSA) is 50.4 Å². The Morgan fingerprint density at radius 2 is 1.91 bits per heavy atom. The summed E-state index contributed by atoms with van der Waals surface area (Å²) < 4.78 is 5.15. The number of methoxy groups -OCH3 is 1. The number of urea groups is 1. The van der Waals surface area contributed by atoms with Crippen LogP contribution in [0.1, 0.15) is 24.1 Å². The van der Waals surface area contributed by atoms with Crippen LogP contribution in [0.4, 0.5) is 4.79 Å². The smallest absolute Gasteiger partial charge is 0.319 e. The molecule has 0 aliphatic carbocycles. The first-order valence-corrected chi connectivity index (χ1v) is 7.11. The van der Waals surface area contributed by atoms with Crippen molar-refractivity contribution < 1.29 is 9.53 Å². The van der Waals surface area contributed by atoms with Gasteiger partial charge in [0.15, 0.2) is 0 Å². The van der Waals surface area contributed by atoms with E-state index in [0.29, 0.717) is 0 Å². The molecule has 114 valence electrons. The fourth-order valence-corrected chi connectivity index (χ4v) is 2.02. The van der Waals surface area contributed by atoms with Crippen molar-refractivity contribution in [3.8, 4) is 5.75 Å². The van der Waals surface area contributed by atoms with Crippen molar-refractivity contribution in [2.24, 2.45) is 0 Å². The molecule has 2 rings (SSSR count). The van der Waals surface area contributed by atoms with Crippen LogP contribution in [0.5, 0.6) is 5.75 Å². The van der Waals surface area contributed by atoms with E-state index in [9.17, 15) is 4.79 Å². The van der Waals surface area contributed by atoms with E-state index in [2.05, 4.69) is 10.6 Å². The molecule has 0 aliphatic heterocycles. The number of ether oxygens (including phenoxy) is 1. The van der Waals surface area contributed by atoms with Crippen LogP contribution in [0.25, 0.3) is 6.08 Å². The first kappa shape index (κ1) is 15.6. The molecule has 0 radical (unpaired) electrons. The second-order valence-electron chi connectivity index (χ2n) is 4.86. The Labute approximate surface area is 130 Å². The van der Waals surface area contributed by atoms with Crippen molar-refractivity contribution in [1.82, 2.24) is 10.6 Å². The molecule has 4 heteroatoms. The van der Waals surface area contributed by atoms with Crippen LogP contribution in [0.2, 0.25) is 0 Å². The first-order chi connectivity index (χ1) is 10.7. The average Bonchev–Trinajstić information content (AvgIpc) is 2.56. The summed E-state index contributed by atoms with van der Waals surface area (Å²) in [5.74, 6) is 0.782. The van der Waals surface area contributed by atoms with Crippen LogP contribution in [-0.4, -0.2) is 13.1 Å². The lowest BCUT2D eigenvalue weighted by Crippen LogP contribution is -2.34. The second-order valence-corrected chi connectivity index (χ2v) is 4.86. The highest BCUT2D eigenvalue weighted by Gasteiger charge is 2.07. The first-order valence-electron chi connectivity index (χ1n) is 7.11. The van der Waals surface area contributed by atoms with Gasteiger partial charge in [-0.1, -0.05) is 42.5 Å². The van der Waals surface area contributed by atoms with Crippen LogP contribution in [0.3, 0.4) is 0 Å². The molecule has 2 amide bonds. The molecule has 0 saturated carbocycles. The quantitative estimate of drug-likeness (QED) is 0.883. The van der Waals surface area contributed by atoms with E-state index in [-0.39, 0.29) is 12.1 Å². The van der Waals surface area contributed by atoms with Crippen LogP contribution in [-0.2, 0) is 0 Å². The molecule has 0 spiro atoms. The molecule has 22 heavy (non-hydrogen) atoms. The lowest BCUT2D eigenvalue weighted by Gasteiger charge is -2.13. The van der Waals surface area contributed by atoms with Gasteiger partial charge in [-0.15, -0.1) is 0 Å². The molecule has 0 fully saturated rings. The Morgan fingerprint density at radius 3 is 2.64 bits per heavy atom. The van der Waals surface area contributed by atoms with Crippen molar-refractivity contribution in [2.45, 2.75) is 13.0 Å². The number of carbonyl (C=O) groups is 1. The number of hydrogen-bond donors (Lipinski definition) is 2. The summed E-state index contributed by atoms with van der Waals surface area (Å²) in [5, 5.41) is 5.58. The third-order valence-corrected chi connectivity index (χ3v) is 3.23. The summed E-state index contributed by atoms with van der Waals surface area (Å²) in [6.45, 7) is 1.95. The maximum atomic E-state index is 11.8. The zero-order chi connectivity index (χ0) is 15.8. The Hall–Kier alpha value is -2.75. The van der Waals surface area contributed by atoms with Gasteiger partial charge in [0.05, 0.1) is 13.2 Å². The lowest BCUT2D eigenvalue weighted by molar-refractivity contribution is 0.241. The molecule has 0 bridgehead atoms. The summed E-state index contributed by atoms with van der Waals surface area (Å²) in [4.78, 5) is 11.8. The van der Waals surface area contributed by atoms with Gasteiger partial charge in [0, 0.05) is 6.20 Å². The number of carbonyl (C=O) groups excluding carboxylic acids is 1. The highest BCUT2D eigenvalue weighted by atomic mass is 16.5. The van der Waals surface area contributed by atoms with Crippen molar-refractivity contribution >= 4 is 12.1 Å². The van der Waals surface area contributed by atoms with Gasteiger partial charge >= 0.3 is 6.03 Å². The molecule has 1 atom stereocenters. The molecule has 2 aromatic rings. The lowest BCUT2D eigenvalue weighted by atomic mass is 10.1. The fourth-order valence-electron chi connectivity index (χ4n) is 2.02. The highest BCUT2D eigenvalue weighted by molar-refractivity contribution is 5.76. The van der Waals surface area contributed by atoms with Crippen molar-refractivity contribution in [1.29, 1.82) is 0 Å². The second kappa shape index (κ2) is 7.88. The molecular weight excluding hydrogens is 276 g/mol. The summed E-state index contributed by atoms with van der Waals surface area (Å²) >= 11 is 0. The molecule has 0 saturated heterocycles. The van der Waals surface area contributed by atoms with Gasteiger partial charge in [-0.2, -0.15) is 0 Å². The minimum Gasteiger partial charge on any atom is -0.497 e. The third kappa shape index (κ3) is 4.66. The van der Waals surface area contributed by atoms with Gasteiger partial charge in [0.2, 0.25) is 0 Å². The van der Waals surface area contributed by atoms with E-state index in [0.717, 1.165) is 16.9 Å². The van der Waals surface area contributed by atoms with Gasteiger partial charge < -0.3 is 15.4 Å². The highest BCUT2D eigenvalue weighted by Crippen LogP contribution is 2.13. The van der Waals surface area contributed by atoms with Crippen molar-refractivity contribution in [2.75, 3.05) is 7.11 Å². The van der Waals surface area contributed by atoms with Crippen LogP contribution < -0.4 is 15.4 Å². The molecule has 0 aromatic heterocycles. The van der Waals surface area contributed by atoms with Crippen molar-refractivity contribution in [3.63, 3.8) is 0 Å². The summed E-state index contributed by atoms with van der Waals surface area (Å²) in [6.07, 6.45) is 3.43. The molecule has 4 nitrogen and oxygen atoms in total. The molecule has 0 heterocycles. The predicted molar refractivity (Wildman–Crippen MR) is 88.6 cm³/mol. The van der Waals surface area contributed by atoms with Crippen molar-refractivity contribution in [3.05, 3.63) is 71.9 Å². The standard InChI is InChI=1S/C18H20N2O2/c1-14(16-8-4-3-5-9-16)20-18(21)19-12-11-15-7-6-10-17(13-15)22-2/h3-14H,1-2H3,(H2,19,20,21)/b12-11+. The van der Waals surface area contributed by atoms with E-state index in [4.69, 9.17) is 4.74 Å². The Morgan fingerprint density at radius 1 is 1.14 bits per heavy atom. The zero-order valence-corrected chi connectivity index (χ0v) is 12.7. The SMILES string of the molecule is COc1cccc(/C=C/NC(=O)NC(C)c2ccccc2)c1. The summed E-state index contributed by atoms with van der Waals surface area (Å²) in [6, 6.07) is 17.1. The van der Waals surface area contributed by atoms with Crippen LogP contribution in [0, 0.1) is 0 Å². The average molecular weight is 296 g/mol. The molecular formula is C18H20N2O2. The van der Waals surface area contributed by atoms with Gasteiger partial charge in [0.25, 0.3) is 0 Å². The Balaban J connectivity index is 1.85. The van der Waals surface area contributed by atoms with E-state index in [1.807, 2.05) is 67.6 Å². The predicted octanol–water partition coefficient (Wildman–Crippen LogP) is 3.73. The van der Waals surface area contributed by atoms with Crippen LogP contribution in [0.15, 0.2) is 60.8 Å². The number of hydrogen-bond acceptors (Lipinski definition) is 2. The zero-order valence-electron chi connectivity index (χ0n) is 12.7. The maximum absolute atomic E-state index is 11.8. The largest absolute Gasteiger partial charge is 0.497 e. The number of benzene rings is 2. The Kier molecular flexibility index (Phi) is 5.60. The van der Waals surface area contributed by atoms with E-state index in [1.165, 1.54) is 0 Å². The molecule has 0 aliphatic rings. The molecule has 2 aromatic carbocycles. The van der Waals surface area contributed by atoms with Gasteiger partial charge in [-0.3, -0.25) is 0 Å². The normalized spacial score (nSPS) is 11.9. The van der Waals surface area contributed by atoms with E-state index < -0.39 is 0 Å². The minimum absolute atomic E-state index is 0.0496. The Bertz CT molecular complexity index is 639. The number of nitrogens with one attached hydrogen (secondary N) is 2. The number of amides is 2. The monoisotopic (exact) mass is 296 g/mol. The van der Waals surface area contributed by atoms with E-state index >= 15 is 0 Å². The van der Waals surface area contributed by atoms with Gasteiger partial charge in [-0.25, -0.2) is 4.79 Å². The molecule has 1 unspecified atom stereocenters. The minimum atomic E-state index is -0.240. The van der Waals surface area contributed by atoms with Gasteiger partial charge in [0.1, 0.15) is 5.75 Å². The van der Waals surface area contributed by atoms with Gasteiger partial charge in [-0.05, 0) is 36.3 Å². The number of rotatable bonds is 5. The van der Waals surface area contributed by atoms with E-state index in [1.54, 1.807) is 13.3 Å². The fraction of sp³-hybridized carbons (Fsp3) is 0.167. The molecule has 2 N–H and O–H groups in total. The summed E-state index contributed by atoms with van der Waals surface area (Å²) in [7, 11) is 1.62. The third-order valence-electron chi connectivity index (χ3n) is 3.23. The summed E-state index contributed by atoms with van der Waals surface area (Å²) in [5.41, 5.74) is 2.02. The van der Waals surface area contributed by atoms with Crippen LogP contribution >= 0.6 is 0 Å².